The zero-order valence-corrected chi connectivity index (χ0v) is 20.2. The lowest BCUT2D eigenvalue weighted by atomic mass is 9.81. The van der Waals surface area contributed by atoms with Crippen molar-refractivity contribution in [3.63, 3.8) is 0 Å². The van der Waals surface area contributed by atoms with Crippen LogP contribution in [0.5, 0.6) is 0 Å². The first kappa shape index (κ1) is 24.6. The number of anilines is 1. The van der Waals surface area contributed by atoms with Crippen molar-refractivity contribution in [3.05, 3.63) is 64.0 Å². The fourth-order valence-electron chi connectivity index (χ4n) is 4.34. The number of aryl methyl sites for hydroxylation is 1. The Labute approximate surface area is 202 Å². The first-order valence-electron chi connectivity index (χ1n) is 11.4. The smallest absolute Gasteiger partial charge is 0.407 e. The molecular weight excluding hydrogens is 475 g/mol. The molecule has 0 unspecified atom stereocenters. The van der Waals surface area contributed by atoms with Gasteiger partial charge in [0, 0.05) is 6.04 Å². The lowest BCUT2D eigenvalue weighted by Gasteiger charge is -2.33. The molecule has 9 nitrogen and oxygen atoms in total. The van der Waals surface area contributed by atoms with E-state index < -0.39 is 32.4 Å². The van der Waals surface area contributed by atoms with Gasteiger partial charge >= 0.3 is 6.09 Å². The lowest BCUT2D eigenvalue weighted by molar-refractivity contribution is 0.109. The molecule has 1 aromatic heterocycles. The van der Waals surface area contributed by atoms with Gasteiger partial charge in [0.05, 0.1) is 22.5 Å². The van der Waals surface area contributed by atoms with Crippen LogP contribution in [0.3, 0.4) is 0 Å². The predicted molar refractivity (Wildman–Crippen MR) is 129 cm³/mol. The van der Waals surface area contributed by atoms with Crippen molar-refractivity contribution in [1.29, 1.82) is 0 Å². The van der Waals surface area contributed by atoms with E-state index in [2.05, 4.69) is 14.7 Å². The van der Waals surface area contributed by atoms with Crippen LogP contribution >= 0.6 is 0 Å². The molecule has 2 aromatic carbocycles. The fraction of sp³-hybridized carbons (Fsp3) is 0.375. The molecule has 1 atom stereocenters. The van der Waals surface area contributed by atoms with Crippen LogP contribution in [0.15, 0.2) is 46.1 Å². The van der Waals surface area contributed by atoms with Crippen LogP contribution in [0.2, 0.25) is 0 Å². The number of aromatic nitrogens is 2. The van der Waals surface area contributed by atoms with Crippen molar-refractivity contribution in [2.24, 2.45) is 5.92 Å². The van der Waals surface area contributed by atoms with Crippen molar-refractivity contribution in [2.75, 3.05) is 4.72 Å². The standard InChI is InChI=1S/C24H27FN4O5S/c1-14(10-16-6-5-7-16)29(24(31)32)13-17-8-3-4-9-21(17)28-35(33,34)18-11-19-22(20(25)12-18)26-15(2)27-23(19)30/h3-4,8-9,11-12,14,16,28H,5-7,10,13H2,1-2H3,(H,31,32)(H,26,27,30)/t14-/m0/s1. The monoisotopic (exact) mass is 502 g/mol. The number of hydrogen-bond donors (Lipinski definition) is 3. The Morgan fingerprint density at radius 1 is 1.31 bits per heavy atom. The Balaban J connectivity index is 1.63. The van der Waals surface area contributed by atoms with Gasteiger partial charge in [0.2, 0.25) is 0 Å². The molecule has 186 valence electrons. The van der Waals surface area contributed by atoms with E-state index in [-0.39, 0.29) is 35.0 Å². The maximum Gasteiger partial charge on any atom is 0.407 e. The Morgan fingerprint density at radius 3 is 2.69 bits per heavy atom. The molecule has 0 saturated heterocycles. The Hall–Kier alpha value is -3.47. The normalized spacial score (nSPS) is 14.9. The number of halogens is 1. The van der Waals surface area contributed by atoms with Gasteiger partial charge in [-0.05, 0) is 49.9 Å². The van der Waals surface area contributed by atoms with Crippen molar-refractivity contribution in [1.82, 2.24) is 14.9 Å². The molecule has 3 N–H and O–H groups in total. The van der Waals surface area contributed by atoms with Gasteiger partial charge in [-0.15, -0.1) is 0 Å². The molecule has 1 saturated carbocycles. The SMILES string of the molecule is Cc1nc2c(F)cc(S(=O)(=O)Nc3ccccc3CN(C(=O)O)[C@@H](C)CC3CCC3)cc2c(=O)[nH]1. The van der Waals surface area contributed by atoms with Crippen LogP contribution in [0, 0.1) is 18.7 Å². The van der Waals surface area contributed by atoms with Gasteiger partial charge in [-0.25, -0.2) is 22.6 Å². The number of nitrogens with zero attached hydrogens (tertiary/aromatic N) is 2. The number of H-pyrrole nitrogens is 1. The number of amides is 1. The third kappa shape index (κ3) is 5.29. The number of aromatic amines is 1. The van der Waals surface area contributed by atoms with E-state index >= 15 is 0 Å². The Morgan fingerprint density at radius 2 is 2.03 bits per heavy atom. The van der Waals surface area contributed by atoms with Crippen LogP contribution in [0.1, 0.15) is 44.0 Å². The molecule has 1 heterocycles. The molecule has 1 aliphatic rings. The second kappa shape index (κ2) is 9.65. The zero-order chi connectivity index (χ0) is 25.3. The van der Waals surface area contributed by atoms with E-state index in [1.54, 1.807) is 18.2 Å². The maximum atomic E-state index is 14.7. The minimum atomic E-state index is -4.30. The highest BCUT2D eigenvalue weighted by molar-refractivity contribution is 7.92. The molecule has 1 aliphatic carbocycles. The van der Waals surface area contributed by atoms with Gasteiger partial charge in [0.1, 0.15) is 11.3 Å². The Bertz CT molecular complexity index is 1440. The molecule has 11 heteroatoms. The topological polar surface area (TPSA) is 132 Å². The van der Waals surface area contributed by atoms with Crippen LogP contribution in [-0.4, -0.2) is 40.5 Å². The highest BCUT2D eigenvalue weighted by Gasteiger charge is 2.27. The van der Waals surface area contributed by atoms with Crippen molar-refractivity contribution in [3.8, 4) is 0 Å². The van der Waals surface area contributed by atoms with E-state index in [4.69, 9.17) is 0 Å². The number of fused-ring (bicyclic) bond motifs is 1. The van der Waals surface area contributed by atoms with Gasteiger partial charge in [0.25, 0.3) is 15.6 Å². The molecule has 0 bridgehead atoms. The number of rotatable bonds is 8. The number of carboxylic acid groups (broad SMARTS) is 1. The number of carbonyl (C=O) groups is 1. The van der Waals surface area contributed by atoms with Crippen molar-refractivity contribution < 1.29 is 22.7 Å². The summed E-state index contributed by atoms with van der Waals surface area (Å²) >= 11 is 0. The molecule has 1 amide bonds. The second-order valence-electron chi connectivity index (χ2n) is 9.01. The van der Waals surface area contributed by atoms with Gasteiger partial charge in [-0.1, -0.05) is 37.5 Å². The number of sulfonamides is 1. The zero-order valence-electron chi connectivity index (χ0n) is 19.4. The summed E-state index contributed by atoms with van der Waals surface area (Å²) < 4.78 is 43.4. The minimum Gasteiger partial charge on any atom is -0.465 e. The van der Waals surface area contributed by atoms with Crippen molar-refractivity contribution in [2.45, 2.75) is 57.0 Å². The molecule has 3 aromatic rings. The minimum absolute atomic E-state index is 0.0170. The number of nitrogens with one attached hydrogen (secondary N) is 2. The molecule has 1 fully saturated rings. The largest absolute Gasteiger partial charge is 0.465 e. The van der Waals surface area contributed by atoms with E-state index in [1.165, 1.54) is 17.9 Å². The summed E-state index contributed by atoms with van der Waals surface area (Å²) in [6, 6.07) is 8.10. The summed E-state index contributed by atoms with van der Waals surface area (Å²) in [5.74, 6) is -0.226. The van der Waals surface area contributed by atoms with E-state index in [1.807, 2.05) is 6.92 Å². The van der Waals surface area contributed by atoms with Crippen LogP contribution < -0.4 is 10.3 Å². The van der Waals surface area contributed by atoms with Crippen molar-refractivity contribution >= 4 is 32.7 Å². The second-order valence-corrected chi connectivity index (χ2v) is 10.7. The first-order valence-corrected chi connectivity index (χ1v) is 12.8. The summed E-state index contributed by atoms with van der Waals surface area (Å²) in [7, 11) is -4.30. The highest BCUT2D eigenvalue weighted by atomic mass is 32.2. The van der Waals surface area contributed by atoms with E-state index in [0.717, 1.165) is 37.8 Å². The predicted octanol–water partition coefficient (Wildman–Crippen LogP) is 4.23. The summed E-state index contributed by atoms with van der Waals surface area (Å²) in [6.45, 7) is 3.33. The quantitative estimate of drug-likeness (QED) is 0.422. The number of benzene rings is 2. The van der Waals surface area contributed by atoms with E-state index in [9.17, 15) is 27.5 Å². The van der Waals surface area contributed by atoms with Gasteiger partial charge in [-0.3, -0.25) is 9.52 Å². The van der Waals surface area contributed by atoms with Crippen LogP contribution in [0.25, 0.3) is 10.9 Å². The van der Waals surface area contributed by atoms with Gasteiger partial charge < -0.3 is 15.0 Å². The summed E-state index contributed by atoms with van der Waals surface area (Å²) in [5.41, 5.74) is -0.245. The number of hydrogen-bond acceptors (Lipinski definition) is 5. The molecular formula is C24H27FN4O5S. The third-order valence-corrected chi connectivity index (χ3v) is 7.79. The fourth-order valence-corrected chi connectivity index (χ4v) is 5.48. The summed E-state index contributed by atoms with van der Waals surface area (Å²) in [6.07, 6.45) is 3.00. The number of para-hydroxylation sites is 1. The highest BCUT2D eigenvalue weighted by Crippen LogP contribution is 2.32. The third-order valence-electron chi connectivity index (χ3n) is 6.45. The van der Waals surface area contributed by atoms with E-state index in [0.29, 0.717) is 11.5 Å². The molecule has 35 heavy (non-hydrogen) atoms. The first-order chi connectivity index (χ1) is 16.5. The van der Waals surface area contributed by atoms with Crippen LogP contribution in [-0.2, 0) is 16.6 Å². The average Bonchev–Trinajstić information content (AvgIpc) is 2.75. The maximum absolute atomic E-state index is 14.7. The molecule has 4 rings (SSSR count). The Kier molecular flexibility index (Phi) is 6.79. The molecule has 0 radical (unpaired) electrons. The molecule has 0 spiro atoms. The van der Waals surface area contributed by atoms with Gasteiger partial charge in [0.15, 0.2) is 5.82 Å². The lowest BCUT2D eigenvalue weighted by Crippen LogP contribution is -2.39. The summed E-state index contributed by atoms with van der Waals surface area (Å²) in [5, 5.41) is 9.61. The molecule has 0 aliphatic heterocycles. The average molecular weight is 503 g/mol. The van der Waals surface area contributed by atoms with Crippen LogP contribution in [0.4, 0.5) is 14.9 Å². The summed E-state index contributed by atoms with van der Waals surface area (Å²) in [4.78, 5) is 31.5. The van der Waals surface area contributed by atoms with Gasteiger partial charge in [-0.2, -0.15) is 0 Å².